The van der Waals surface area contributed by atoms with Crippen molar-refractivity contribution >= 4 is 27.5 Å². The van der Waals surface area contributed by atoms with Gasteiger partial charge in [-0.2, -0.15) is 0 Å². The summed E-state index contributed by atoms with van der Waals surface area (Å²) in [5.41, 5.74) is 1.90. The number of halogens is 2. The summed E-state index contributed by atoms with van der Waals surface area (Å²) in [6.45, 7) is 7.55. The third-order valence-electron chi connectivity index (χ3n) is 5.99. The number of carbonyl (C=O) groups excluding carboxylic acids is 2. The summed E-state index contributed by atoms with van der Waals surface area (Å²) in [7, 11) is -3.81. The molecule has 10 heteroatoms. The smallest absolute Gasteiger partial charge is 0.242 e. The van der Waals surface area contributed by atoms with E-state index in [1.807, 2.05) is 45.0 Å². The van der Waals surface area contributed by atoms with Gasteiger partial charge in [0.1, 0.15) is 6.04 Å². The predicted octanol–water partition coefficient (Wildman–Crippen LogP) is 4.15. The van der Waals surface area contributed by atoms with E-state index in [1.165, 1.54) is 11.0 Å². The summed E-state index contributed by atoms with van der Waals surface area (Å²) in [5.74, 6) is -2.84. The van der Waals surface area contributed by atoms with Crippen molar-refractivity contribution in [2.75, 3.05) is 17.1 Å². The van der Waals surface area contributed by atoms with Crippen LogP contribution in [0.1, 0.15) is 51.2 Å². The molecule has 2 atom stereocenters. The highest BCUT2D eigenvalue weighted by atomic mass is 32.2. The Morgan fingerprint density at radius 2 is 1.67 bits per heavy atom. The number of hydrogen-bond donors (Lipinski definition) is 1. The number of nitrogens with one attached hydrogen (secondary N) is 1. The van der Waals surface area contributed by atoms with E-state index >= 15 is 0 Å². The maximum atomic E-state index is 13.7. The second-order valence-corrected chi connectivity index (χ2v) is 10.9. The minimum atomic E-state index is -3.81. The maximum absolute atomic E-state index is 13.7. The highest BCUT2D eigenvalue weighted by molar-refractivity contribution is 7.92. The van der Waals surface area contributed by atoms with Crippen molar-refractivity contribution in [1.82, 2.24) is 10.2 Å². The minimum absolute atomic E-state index is 0.0262. The van der Waals surface area contributed by atoms with E-state index in [9.17, 15) is 26.8 Å². The summed E-state index contributed by atoms with van der Waals surface area (Å²) in [6.07, 6.45) is 1.79. The van der Waals surface area contributed by atoms with Crippen molar-refractivity contribution in [3.63, 3.8) is 0 Å². The first-order chi connectivity index (χ1) is 16.8. The maximum Gasteiger partial charge on any atom is 0.242 e. The molecule has 0 spiro atoms. The first kappa shape index (κ1) is 29.2. The molecular weight excluding hydrogens is 488 g/mol. The molecule has 2 aromatic rings. The molecule has 1 N–H and O–H groups in total. The first-order valence-corrected chi connectivity index (χ1v) is 13.8. The van der Waals surface area contributed by atoms with Gasteiger partial charge in [-0.15, -0.1) is 0 Å². The van der Waals surface area contributed by atoms with Gasteiger partial charge in [-0.05, 0) is 51.3 Å². The van der Waals surface area contributed by atoms with Gasteiger partial charge >= 0.3 is 0 Å². The average Bonchev–Trinajstić information content (AvgIpc) is 2.81. The third kappa shape index (κ3) is 8.29. The fraction of sp³-hybridized carbons (Fsp3) is 0.462. The van der Waals surface area contributed by atoms with Crippen molar-refractivity contribution in [1.29, 1.82) is 0 Å². The Morgan fingerprint density at radius 3 is 2.22 bits per heavy atom. The Kier molecular flexibility index (Phi) is 10.4. The van der Waals surface area contributed by atoms with Crippen molar-refractivity contribution in [2.24, 2.45) is 0 Å². The summed E-state index contributed by atoms with van der Waals surface area (Å²) in [5, 5.41) is 2.90. The van der Waals surface area contributed by atoms with Gasteiger partial charge in [0.25, 0.3) is 0 Å². The fourth-order valence-electron chi connectivity index (χ4n) is 3.58. The van der Waals surface area contributed by atoms with Crippen LogP contribution in [-0.2, 0) is 26.2 Å². The lowest BCUT2D eigenvalue weighted by Gasteiger charge is -2.30. The molecule has 0 unspecified atom stereocenters. The van der Waals surface area contributed by atoms with Gasteiger partial charge < -0.3 is 10.2 Å². The Bertz CT molecular complexity index is 1160. The molecule has 198 valence electrons. The SMILES string of the molecule is CC[C@@H](C)NC(=O)[C@H](C)N(Cc1ccc(C)cc1)C(=O)CCCN(c1ccc(F)c(F)c1)S(C)(=O)=O. The number of rotatable bonds is 12. The summed E-state index contributed by atoms with van der Waals surface area (Å²) < 4.78 is 52.6. The molecule has 2 amide bonds. The molecule has 0 aliphatic carbocycles. The zero-order valence-corrected chi connectivity index (χ0v) is 22.2. The lowest BCUT2D eigenvalue weighted by Crippen LogP contribution is -2.49. The van der Waals surface area contributed by atoms with Crippen LogP contribution >= 0.6 is 0 Å². The predicted molar refractivity (Wildman–Crippen MR) is 137 cm³/mol. The molecule has 7 nitrogen and oxygen atoms in total. The Balaban J connectivity index is 2.18. The Hall–Kier alpha value is -3.01. The zero-order valence-electron chi connectivity index (χ0n) is 21.4. The van der Waals surface area contributed by atoms with Crippen LogP contribution in [0.2, 0.25) is 0 Å². The second-order valence-electron chi connectivity index (χ2n) is 9.04. The number of aryl methyl sites for hydroxylation is 1. The van der Waals surface area contributed by atoms with Crippen LogP contribution < -0.4 is 9.62 Å². The van der Waals surface area contributed by atoms with Gasteiger partial charge in [-0.25, -0.2) is 17.2 Å². The highest BCUT2D eigenvalue weighted by Crippen LogP contribution is 2.22. The molecule has 2 aromatic carbocycles. The number of hydrogen-bond acceptors (Lipinski definition) is 4. The van der Waals surface area contributed by atoms with E-state index in [2.05, 4.69) is 5.32 Å². The molecule has 0 aliphatic heterocycles. The first-order valence-electron chi connectivity index (χ1n) is 11.9. The lowest BCUT2D eigenvalue weighted by molar-refractivity contribution is -0.140. The number of sulfonamides is 1. The monoisotopic (exact) mass is 523 g/mol. The van der Waals surface area contributed by atoms with E-state index in [0.29, 0.717) is 0 Å². The third-order valence-corrected chi connectivity index (χ3v) is 7.18. The topological polar surface area (TPSA) is 86.8 Å². The Morgan fingerprint density at radius 1 is 1.03 bits per heavy atom. The van der Waals surface area contributed by atoms with Gasteiger partial charge in [-0.1, -0.05) is 36.8 Å². The molecule has 0 saturated heterocycles. The standard InChI is InChI=1S/C26H35F2N3O4S/c1-6-19(3)29-26(33)20(4)30(17-21-11-9-18(2)10-12-21)25(32)8-7-15-31(36(5,34)35)22-13-14-23(27)24(28)16-22/h9-14,16,19-20H,6-8,15,17H2,1-5H3,(H,29,33)/t19-,20+/m1/s1. The van der Waals surface area contributed by atoms with E-state index in [-0.39, 0.29) is 49.5 Å². The summed E-state index contributed by atoms with van der Waals surface area (Å²) in [4.78, 5) is 27.5. The van der Waals surface area contributed by atoms with E-state index in [0.717, 1.165) is 40.2 Å². The zero-order chi connectivity index (χ0) is 27.0. The normalized spacial score (nSPS) is 13.1. The quantitative estimate of drug-likeness (QED) is 0.453. The van der Waals surface area contributed by atoms with Crippen molar-refractivity contribution in [2.45, 2.75) is 65.6 Å². The Labute approximate surface area is 212 Å². The fourth-order valence-corrected chi connectivity index (χ4v) is 4.54. The molecule has 0 aliphatic rings. The van der Waals surface area contributed by atoms with Crippen LogP contribution in [0.3, 0.4) is 0 Å². The van der Waals surface area contributed by atoms with Crippen LogP contribution in [0.25, 0.3) is 0 Å². The highest BCUT2D eigenvalue weighted by Gasteiger charge is 2.27. The number of nitrogens with zero attached hydrogens (tertiary/aromatic N) is 2. The van der Waals surface area contributed by atoms with Crippen molar-refractivity contribution in [3.8, 4) is 0 Å². The van der Waals surface area contributed by atoms with Crippen LogP contribution in [0, 0.1) is 18.6 Å². The van der Waals surface area contributed by atoms with Gasteiger partial charge in [0.05, 0.1) is 11.9 Å². The molecule has 0 saturated carbocycles. The van der Waals surface area contributed by atoms with Crippen LogP contribution in [-0.4, -0.2) is 50.0 Å². The molecule has 0 heterocycles. The van der Waals surface area contributed by atoms with Crippen molar-refractivity contribution < 1.29 is 26.8 Å². The second kappa shape index (κ2) is 12.8. The van der Waals surface area contributed by atoms with Gasteiger partial charge in [0, 0.05) is 31.6 Å². The molecule has 2 rings (SSSR count). The molecule has 0 radical (unpaired) electrons. The van der Waals surface area contributed by atoms with Gasteiger partial charge in [0.15, 0.2) is 11.6 Å². The van der Waals surface area contributed by atoms with E-state index in [4.69, 9.17) is 0 Å². The lowest BCUT2D eigenvalue weighted by atomic mass is 10.1. The molecule has 0 bridgehead atoms. The van der Waals surface area contributed by atoms with Crippen LogP contribution in [0.15, 0.2) is 42.5 Å². The van der Waals surface area contributed by atoms with Crippen LogP contribution in [0.4, 0.5) is 14.5 Å². The molecule has 36 heavy (non-hydrogen) atoms. The van der Waals surface area contributed by atoms with Crippen LogP contribution in [0.5, 0.6) is 0 Å². The largest absolute Gasteiger partial charge is 0.352 e. The van der Waals surface area contributed by atoms with E-state index in [1.54, 1.807) is 6.92 Å². The number of carbonyl (C=O) groups is 2. The minimum Gasteiger partial charge on any atom is -0.352 e. The molecule has 0 aromatic heterocycles. The van der Waals surface area contributed by atoms with Gasteiger partial charge in [0.2, 0.25) is 21.8 Å². The number of amides is 2. The summed E-state index contributed by atoms with van der Waals surface area (Å²) >= 11 is 0. The van der Waals surface area contributed by atoms with Crippen molar-refractivity contribution in [3.05, 3.63) is 65.2 Å². The summed E-state index contributed by atoms with van der Waals surface area (Å²) in [6, 6.07) is 9.68. The van der Waals surface area contributed by atoms with E-state index < -0.39 is 27.7 Å². The molecule has 0 fully saturated rings. The molecular formula is C26H35F2N3O4S. The number of benzene rings is 2. The van der Waals surface area contributed by atoms with Gasteiger partial charge in [-0.3, -0.25) is 13.9 Å². The average molecular weight is 524 g/mol. The number of anilines is 1.